The Balaban J connectivity index is 2.15. The summed E-state index contributed by atoms with van der Waals surface area (Å²) in [4.78, 5) is 11.4. The highest BCUT2D eigenvalue weighted by Gasteiger charge is 2.12. The molecule has 0 radical (unpaired) electrons. The van der Waals surface area contributed by atoms with Crippen LogP contribution in [0, 0.1) is 6.92 Å². The summed E-state index contributed by atoms with van der Waals surface area (Å²) >= 11 is 1.64. The molecule has 19 heavy (non-hydrogen) atoms. The van der Waals surface area contributed by atoms with Crippen LogP contribution in [0.15, 0.2) is 23.6 Å². The number of rotatable bonds is 5. The molecule has 1 atom stereocenters. The zero-order chi connectivity index (χ0) is 13.8. The van der Waals surface area contributed by atoms with Crippen molar-refractivity contribution < 1.29 is 0 Å². The fourth-order valence-electron chi connectivity index (χ4n) is 1.83. The van der Waals surface area contributed by atoms with Crippen molar-refractivity contribution in [3.05, 3.63) is 40.7 Å². The summed E-state index contributed by atoms with van der Waals surface area (Å²) in [6, 6.07) is 6.09. The van der Waals surface area contributed by atoms with E-state index >= 15 is 0 Å². The molecule has 0 amide bonds. The van der Waals surface area contributed by atoms with E-state index in [0.717, 1.165) is 35.3 Å². The molecule has 0 aliphatic rings. The third kappa shape index (κ3) is 3.52. The Labute approximate surface area is 118 Å². The van der Waals surface area contributed by atoms with Gasteiger partial charge in [-0.3, -0.25) is 4.98 Å². The highest BCUT2D eigenvalue weighted by atomic mass is 32.1. The van der Waals surface area contributed by atoms with Crippen LogP contribution in [-0.4, -0.2) is 16.5 Å². The molecule has 0 aliphatic heterocycles. The summed E-state index contributed by atoms with van der Waals surface area (Å²) in [5.41, 5.74) is 8.92. The van der Waals surface area contributed by atoms with Crippen LogP contribution in [0.4, 0.5) is 5.13 Å². The molecule has 102 valence electrons. The van der Waals surface area contributed by atoms with E-state index < -0.39 is 0 Å². The van der Waals surface area contributed by atoms with Crippen molar-refractivity contribution in [3.8, 4) is 0 Å². The first-order valence-corrected chi connectivity index (χ1v) is 7.36. The van der Waals surface area contributed by atoms with Crippen molar-refractivity contribution in [1.82, 2.24) is 9.97 Å². The van der Waals surface area contributed by atoms with E-state index in [-0.39, 0.29) is 6.04 Å². The van der Waals surface area contributed by atoms with Crippen LogP contribution in [0.3, 0.4) is 0 Å². The summed E-state index contributed by atoms with van der Waals surface area (Å²) in [6.45, 7) is 7.78. The third-order valence-corrected chi connectivity index (χ3v) is 3.85. The number of aryl methyl sites for hydroxylation is 1. The first-order valence-electron chi connectivity index (χ1n) is 6.48. The lowest BCUT2D eigenvalue weighted by Crippen LogP contribution is -2.22. The Hall–Kier alpha value is -1.46. The van der Waals surface area contributed by atoms with Crippen LogP contribution >= 0.6 is 11.3 Å². The van der Waals surface area contributed by atoms with Gasteiger partial charge in [-0.1, -0.05) is 6.07 Å². The lowest BCUT2D eigenvalue weighted by atomic mass is 10.3. The van der Waals surface area contributed by atoms with E-state index in [2.05, 4.69) is 27.9 Å². The normalized spacial score (nSPS) is 12.4. The van der Waals surface area contributed by atoms with Crippen molar-refractivity contribution in [3.63, 3.8) is 0 Å². The molecular formula is C14H20N4S. The fourth-order valence-corrected chi connectivity index (χ4v) is 2.82. The molecule has 2 aromatic heterocycles. The van der Waals surface area contributed by atoms with Crippen LogP contribution in [0.1, 0.15) is 37.0 Å². The monoisotopic (exact) mass is 276 g/mol. The number of pyridine rings is 1. The minimum absolute atomic E-state index is 0.0131. The van der Waals surface area contributed by atoms with Crippen LogP contribution in [-0.2, 0) is 6.54 Å². The number of nitrogens with zero attached hydrogens (tertiary/aromatic N) is 3. The van der Waals surface area contributed by atoms with Crippen LogP contribution in [0.25, 0.3) is 0 Å². The summed E-state index contributed by atoms with van der Waals surface area (Å²) in [5.74, 6) is 0. The van der Waals surface area contributed by atoms with Crippen molar-refractivity contribution in [2.75, 3.05) is 11.4 Å². The average molecular weight is 276 g/mol. The number of hydrogen-bond acceptors (Lipinski definition) is 5. The fraction of sp³-hybridized carbons (Fsp3) is 0.429. The Morgan fingerprint density at radius 3 is 2.74 bits per heavy atom. The topological polar surface area (TPSA) is 55.0 Å². The molecule has 2 heterocycles. The molecule has 0 spiro atoms. The van der Waals surface area contributed by atoms with Gasteiger partial charge in [0, 0.05) is 23.7 Å². The first-order chi connectivity index (χ1) is 9.10. The largest absolute Gasteiger partial charge is 0.342 e. The number of anilines is 1. The zero-order valence-electron chi connectivity index (χ0n) is 11.6. The lowest BCUT2D eigenvalue weighted by molar-refractivity contribution is 0.766. The molecule has 4 nitrogen and oxygen atoms in total. The van der Waals surface area contributed by atoms with Crippen molar-refractivity contribution in [2.45, 2.75) is 33.4 Å². The van der Waals surface area contributed by atoms with Gasteiger partial charge in [-0.25, -0.2) is 4.98 Å². The molecule has 0 aromatic carbocycles. The van der Waals surface area contributed by atoms with Crippen LogP contribution in [0.5, 0.6) is 0 Å². The van der Waals surface area contributed by atoms with Crippen LogP contribution in [0.2, 0.25) is 0 Å². The maximum Gasteiger partial charge on any atom is 0.185 e. The van der Waals surface area contributed by atoms with Gasteiger partial charge in [0.15, 0.2) is 5.13 Å². The van der Waals surface area contributed by atoms with Gasteiger partial charge in [-0.2, -0.15) is 0 Å². The van der Waals surface area contributed by atoms with Crippen molar-refractivity contribution >= 4 is 16.5 Å². The molecular weight excluding hydrogens is 256 g/mol. The predicted molar refractivity (Wildman–Crippen MR) is 80.4 cm³/mol. The van der Waals surface area contributed by atoms with Gasteiger partial charge >= 0.3 is 0 Å². The number of hydrogen-bond donors (Lipinski definition) is 1. The second-order valence-electron chi connectivity index (χ2n) is 4.63. The number of aromatic nitrogens is 2. The first kappa shape index (κ1) is 14.0. The molecule has 2 N–H and O–H groups in total. The molecule has 0 aliphatic carbocycles. The molecule has 0 saturated heterocycles. The Bertz CT molecular complexity index is 536. The second-order valence-corrected chi connectivity index (χ2v) is 5.46. The molecule has 5 heteroatoms. The lowest BCUT2D eigenvalue weighted by Gasteiger charge is -2.19. The molecule has 2 rings (SSSR count). The Morgan fingerprint density at radius 1 is 1.37 bits per heavy atom. The summed E-state index contributed by atoms with van der Waals surface area (Å²) in [7, 11) is 0. The smallest absolute Gasteiger partial charge is 0.185 e. The Morgan fingerprint density at radius 2 is 2.16 bits per heavy atom. The van der Waals surface area contributed by atoms with Crippen molar-refractivity contribution in [1.29, 1.82) is 0 Å². The molecule has 0 fully saturated rings. The summed E-state index contributed by atoms with van der Waals surface area (Å²) in [6.07, 6.45) is 0. The molecule has 0 bridgehead atoms. The highest BCUT2D eigenvalue weighted by Crippen LogP contribution is 2.24. The number of thiazole rings is 1. The van der Waals surface area contributed by atoms with E-state index in [4.69, 9.17) is 5.73 Å². The quantitative estimate of drug-likeness (QED) is 0.912. The van der Waals surface area contributed by atoms with Gasteiger partial charge in [0.2, 0.25) is 0 Å². The summed E-state index contributed by atoms with van der Waals surface area (Å²) < 4.78 is 0. The van der Waals surface area contributed by atoms with Gasteiger partial charge in [0.05, 0.1) is 17.9 Å². The minimum atomic E-state index is -0.0131. The number of nitrogens with two attached hydrogens (primary N) is 1. The minimum Gasteiger partial charge on any atom is -0.342 e. The van der Waals surface area contributed by atoms with E-state index in [1.54, 1.807) is 11.3 Å². The SMILES string of the molecule is CCN(Cc1cccc(C)n1)c1nc(C(C)N)cs1. The third-order valence-electron chi connectivity index (χ3n) is 2.93. The highest BCUT2D eigenvalue weighted by molar-refractivity contribution is 7.13. The maximum atomic E-state index is 5.85. The van der Waals surface area contributed by atoms with Gasteiger partial charge in [0.1, 0.15) is 0 Å². The van der Waals surface area contributed by atoms with E-state index in [0.29, 0.717) is 0 Å². The zero-order valence-corrected chi connectivity index (χ0v) is 12.4. The van der Waals surface area contributed by atoms with Gasteiger partial charge in [0.25, 0.3) is 0 Å². The summed E-state index contributed by atoms with van der Waals surface area (Å²) in [5, 5.41) is 3.05. The Kier molecular flexibility index (Phi) is 4.50. The van der Waals surface area contributed by atoms with Gasteiger partial charge in [-0.15, -0.1) is 11.3 Å². The average Bonchev–Trinajstić information content (AvgIpc) is 2.85. The standard InChI is InChI=1S/C14H20N4S/c1-4-18(8-12-7-5-6-10(2)16-12)14-17-13(9-19-14)11(3)15/h5-7,9,11H,4,8,15H2,1-3H3. The molecule has 1 unspecified atom stereocenters. The van der Waals surface area contributed by atoms with Gasteiger partial charge in [-0.05, 0) is 32.9 Å². The van der Waals surface area contributed by atoms with Crippen molar-refractivity contribution in [2.24, 2.45) is 5.73 Å². The molecule has 2 aromatic rings. The molecule has 0 saturated carbocycles. The van der Waals surface area contributed by atoms with Crippen LogP contribution < -0.4 is 10.6 Å². The van der Waals surface area contributed by atoms with Gasteiger partial charge < -0.3 is 10.6 Å². The van der Waals surface area contributed by atoms with E-state index in [9.17, 15) is 0 Å². The maximum absolute atomic E-state index is 5.85. The predicted octanol–water partition coefficient (Wildman–Crippen LogP) is 2.89. The van der Waals surface area contributed by atoms with E-state index in [1.807, 2.05) is 31.4 Å². The second kappa shape index (κ2) is 6.12. The van der Waals surface area contributed by atoms with E-state index in [1.165, 1.54) is 0 Å².